The van der Waals surface area contributed by atoms with Crippen LogP contribution in [0.4, 0.5) is 8.78 Å². The first kappa shape index (κ1) is 18.3. The van der Waals surface area contributed by atoms with E-state index in [0.717, 1.165) is 23.3 Å². The lowest BCUT2D eigenvalue weighted by atomic mass is 10.1. The van der Waals surface area contributed by atoms with Gasteiger partial charge in [0.15, 0.2) is 5.96 Å². The summed E-state index contributed by atoms with van der Waals surface area (Å²) in [7, 11) is 0. The molecule has 0 radical (unpaired) electrons. The van der Waals surface area contributed by atoms with E-state index in [-0.39, 0.29) is 0 Å². The topological polar surface area (TPSA) is 49.3 Å². The third-order valence-corrected chi connectivity index (χ3v) is 4.48. The summed E-state index contributed by atoms with van der Waals surface area (Å²) in [6, 6.07) is 3.56. The SMILES string of the molecule is CCNC(=NCc1nc(C)c(C)s1)NCCc1cc(F)cc(F)c1. The smallest absolute Gasteiger partial charge is 0.191 e. The number of aliphatic imine (C=N–C) groups is 1. The highest BCUT2D eigenvalue weighted by Crippen LogP contribution is 2.16. The molecule has 0 aliphatic carbocycles. The van der Waals surface area contributed by atoms with Gasteiger partial charge in [-0.2, -0.15) is 0 Å². The normalized spacial score (nSPS) is 11.6. The molecule has 2 rings (SSSR count). The van der Waals surface area contributed by atoms with E-state index >= 15 is 0 Å². The number of guanidine groups is 1. The van der Waals surface area contributed by atoms with E-state index in [1.807, 2.05) is 20.8 Å². The molecule has 0 bridgehead atoms. The molecule has 4 nitrogen and oxygen atoms in total. The standard InChI is InChI=1S/C17H22F2N4S/c1-4-20-17(22-10-16-23-11(2)12(3)24-16)21-6-5-13-7-14(18)9-15(19)8-13/h7-9H,4-6,10H2,1-3H3,(H2,20,21,22). The number of nitrogens with zero attached hydrogens (tertiary/aromatic N) is 2. The summed E-state index contributed by atoms with van der Waals surface area (Å²) in [6.45, 7) is 7.78. The number of nitrogens with one attached hydrogen (secondary N) is 2. The molecule has 0 atom stereocenters. The van der Waals surface area contributed by atoms with Gasteiger partial charge in [0.05, 0.1) is 12.2 Å². The Labute approximate surface area is 145 Å². The quantitative estimate of drug-likeness (QED) is 0.619. The van der Waals surface area contributed by atoms with Crippen molar-refractivity contribution in [2.75, 3.05) is 13.1 Å². The van der Waals surface area contributed by atoms with Gasteiger partial charge in [-0.25, -0.2) is 18.8 Å². The minimum Gasteiger partial charge on any atom is -0.357 e. The lowest BCUT2D eigenvalue weighted by molar-refractivity contribution is 0.579. The van der Waals surface area contributed by atoms with Gasteiger partial charge in [0, 0.05) is 24.0 Å². The van der Waals surface area contributed by atoms with E-state index in [2.05, 4.69) is 20.6 Å². The number of aryl methyl sites for hydroxylation is 2. The van der Waals surface area contributed by atoms with Crippen LogP contribution in [0.15, 0.2) is 23.2 Å². The molecular weight excluding hydrogens is 330 g/mol. The van der Waals surface area contributed by atoms with Crippen LogP contribution in [0.3, 0.4) is 0 Å². The van der Waals surface area contributed by atoms with Gasteiger partial charge in [-0.15, -0.1) is 11.3 Å². The Kier molecular flexibility index (Phi) is 6.66. The van der Waals surface area contributed by atoms with E-state index in [1.165, 1.54) is 17.0 Å². The van der Waals surface area contributed by atoms with E-state index in [0.29, 0.717) is 31.0 Å². The number of benzene rings is 1. The first-order chi connectivity index (χ1) is 11.5. The Hall–Kier alpha value is -2.02. The van der Waals surface area contributed by atoms with Gasteiger partial charge in [-0.1, -0.05) is 0 Å². The zero-order chi connectivity index (χ0) is 17.5. The van der Waals surface area contributed by atoms with Crippen molar-refractivity contribution in [1.82, 2.24) is 15.6 Å². The van der Waals surface area contributed by atoms with Gasteiger partial charge in [0.1, 0.15) is 16.6 Å². The Balaban J connectivity index is 1.91. The van der Waals surface area contributed by atoms with Crippen LogP contribution >= 0.6 is 11.3 Å². The average Bonchev–Trinajstić information content (AvgIpc) is 2.82. The third kappa shape index (κ3) is 5.56. The lowest BCUT2D eigenvalue weighted by Crippen LogP contribution is -2.38. The van der Waals surface area contributed by atoms with Crippen molar-refractivity contribution in [3.8, 4) is 0 Å². The number of thiazole rings is 1. The first-order valence-electron chi connectivity index (χ1n) is 7.88. The van der Waals surface area contributed by atoms with Crippen LogP contribution in [0.25, 0.3) is 0 Å². The molecule has 130 valence electrons. The molecule has 0 saturated heterocycles. The zero-order valence-corrected chi connectivity index (χ0v) is 14.9. The van der Waals surface area contributed by atoms with Gasteiger partial charge in [0.25, 0.3) is 0 Å². The Morgan fingerprint density at radius 1 is 1.17 bits per heavy atom. The molecule has 0 aliphatic rings. The molecule has 1 aromatic heterocycles. The molecule has 0 unspecified atom stereocenters. The van der Waals surface area contributed by atoms with E-state index in [1.54, 1.807) is 11.3 Å². The summed E-state index contributed by atoms with van der Waals surface area (Å²) < 4.78 is 26.4. The maximum Gasteiger partial charge on any atom is 0.191 e. The second-order valence-corrected chi connectivity index (χ2v) is 6.69. The highest BCUT2D eigenvalue weighted by molar-refractivity contribution is 7.11. The third-order valence-electron chi connectivity index (χ3n) is 3.42. The van der Waals surface area contributed by atoms with Gasteiger partial charge in [-0.3, -0.25) is 0 Å². The molecule has 24 heavy (non-hydrogen) atoms. The summed E-state index contributed by atoms with van der Waals surface area (Å²) in [4.78, 5) is 10.2. The monoisotopic (exact) mass is 352 g/mol. The minimum absolute atomic E-state index is 0.503. The predicted octanol–water partition coefficient (Wildman–Crippen LogP) is 3.34. The number of hydrogen-bond donors (Lipinski definition) is 2. The summed E-state index contributed by atoms with van der Waals surface area (Å²) in [5.74, 6) is -0.444. The fraction of sp³-hybridized carbons (Fsp3) is 0.412. The van der Waals surface area contributed by atoms with E-state index in [9.17, 15) is 8.78 Å². The second-order valence-electron chi connectivity index (χ2n) is 5.40. The van der Waals surface area contributed by atoms with Crippen molar-refractivity contribution in [3.63, 3.8) is 0 Å². The maximum absolute atomic E-state index is 13.2. The lowest BCUT2D eigenvalue weighted by Gasteiger charge is -2.11. The van der Waals surface area contributed by atoms with Crippen molar-refractivity contribution in [2.24, 2.45) is 4.99 Å². The van der Waals surface area contributed by atoms with Crippen molar-refractivity contribution in [1.29, 1.82) is 0 Å². The summed E-state index contributed by atoms with van der Waals surface area (Å²) >= 11 is 1.64. The molecule has 2 N–H and O–H groups in total. The largest absolute Gasteiger partial charge is 0.357 e. The van der Waals surface area contributed by atoms with Crippen LogP contribution in [-0.2, 0) is 13.0 Å². The Morgan fingerprint density at radius 2 is 1.88 bits per heavy atom. The van der Waals surface area contributed by atoms with Gasteiger partial charge in [-0.05, 0) is 44.9 Å². The molecule has 0 amide bonds. The number of halogens is 2. The summed E-state index contributed by atoms with van der Waals surface area (Å²) in [6.07, 6.45) is 0.508. The first-order valence-corrected chi connectivity index (χ1v) is 8.69. The molecule has 2 aromatic rings. The van der Waals surface area contributed by atoms with Crippen LogP contribution in [0, 0.1) is 25.5 Å². The molecule has 0 spiro atoms. The van der Waals surface area contributed by atoms with Crippen molar-refractivity contribution in [3.05, 3.63) is 51.0 Å². The maximum atomic E-state index is 13.2. The molecule has 1 aromatic carbocycles. The molecule has 0 fully saturated rings. The Morgan fingerprint density at radius 3 is 2.46 bits per heavy atom. The predicted molar refractivity (Wildman–Crippen MR) is 94.5 cm³/mol. The minimum atomic E-state index is -0.555. The van der Waals surface area contributed by atoms with Crippen LogP contribution < -0.4 is 10.6 Å². The molecule has 0 aliphatic heterocycles. The van der Waals surface area contributed by atoms with Crippen molar-refractivity contribution < 1.29 is 8.78 Å². The zero-order valence-electron chi connectivity index (χ0n) is 14.1. The fourth-order valence-electron chi connectivity index (χ4n) is 2.18. The van der Waals surface area contributed by atoms with Crippen LogP contribution in [0.5, 0.6) is 0 Å². The number of aromatic nitrogens is 1. The fourth-order valence-corrected chi connectivity index (χ4v) is 3.03. The van der Waals surface area contributed by atoms with Gasteiger partial charge in [0.2, 0.25) is 0 Å². The number of hydrogen-bond acceptors (Lipinski definition) is 3. The van der Waals surface area contributed by atoms with Crippen molar-refractivity contribution >= 4 is 17.3 Å². The molecule has 1 heterocycles. The highest BCUT2D eigenvalue weighted by Gasteiger charge is 2.05. The van der Waals surface area contributed by atoms with Gasteiger partial charge < -0.3 is 10.6 Å². The van der Waals surface area contributed by atoms with Crippen molar-refractivity contribution in [2.45, 2.75) is 33.7 Å². The highest BCUT2D eigenvalue weighted by atomic mass is 32.1. The van der Waals surface area contributed by atoms with E-state index < -0.39 is 11.6 Å². The molecule has 0 saturated carbocycles. The van der Waals surface area contributed by atoms with Gasteiger partial charge >= 0.3 is 0 Å². The van der Waals surface area contributed by atoms with Crippen LogP contribution in [-0.4, -0.2) is 24.0 Å². The van der Waals surface area contributed by atoms with E-state index in [4.69, 9.17) is 0 Å². The Bertz CT molecular complexity index is 673. The summed E-state index contributed by atoms with van der Waals surface area (Å²) in [5, 5.41) is 7.29. The average molecular weight is 352 g/mol. The van der Waals surface area contributed by atoms with Crippen LogP contribution in [0.2, 0.25) is 0 Å². The van der Waals surface area contributed by atoms with Crippen LogP contribution in [0.1, 0.15) is 28.1 Å². The molecular formula is C17H22F2N4S. The second kappa shape index (κ2) is 8.73. The number of rotatable bonds is 6. The molecule has 7 heteroatoms. The summed E-state index contributed by atoms with van der Waals surface area (Å²) in [5.41, 5.74) is 1.65.